The van der Waals surface area contributed by atoms with E-state index in [1.165, 1.54) is 31.4 Å². The van der Waals surface area contributed by atoms with Gasteiger partial charge in [0.05, 0.1) is 0 Å². The lowest BCUT2D eigenvalue weighted by atomic mass is 10.0. The third-order valence-corrected chi connectivity index (χ3v) is 3.80. The Labute approximate surface area is 123 Å². The highest BCUT2D eigenvalue weighted by molar-refractivity contribution is 5.19. The van der Waals surface area contributed by atoms with E-state index in [2.05, 4.69) is 25.7 Å². The molecule has 0 saturated heterocycles. The quantitative estimate of drug-likeness (QED) is 0.690. The Bertz CT molecular complexity index is 362. The number of hydrogen-bond acceptors (Lipinski definition) is 2. The number of benzene rings is 1. The summed E-state index contributed by atoms with van der Waals surface area (Å²) in [6.07, 6.45) is 4.70. The molecule has 114 valence electrons. The van der Waals surface area contributed by atoms with Gasteiger partial charge < -0.3 is 10.6 Å². The molecule has 1 unspecified atom stereocenters. The van der Waals surface area contributed by atoms with Gasteiger partial charge in [0.2, 0.25) is 0 Å². The molecule has 0 spiro atoms. The van der Waals surface area contributed by atoms with Crippen molar-refractivity contribution < 1.29 is 4.39 Å². The van der Waals surface area contributed by atoms with Gasteiger partial charge in [0, 0.05) is 18.6 Å². The fraction of sp³-hybridized carbons (Fsp3) is 0.647. The third-order valence-electron chi connectivity index (χ3n) is 3.80. The molecule has 0 saturated carbocycles. The number of nitrogens with two attached hydrogens (primary N) is 1. The molecule has 0 amide bonds. The standard InChI is InChI=1S/C17H29FN2/c1-4-5-6-12-20(14(2)3)13-11-17(19)15-7-9-16(18)10-8-15/h7-10,14,17H,4-6,11-13,19H2,1-3H3. The maximum absolute atomic E-state index is 12.9. The number of halogens is 1. The van der Waals surface area contributed by atoms with Crippen LogP contribution >= 0.6 is 0 Å². The molecular formula is C17H29FN2. The van der Waals surface area contributed by atoms with Crippen LogP contribution in [0.4, 0.5) is 4.39 Å². The van der Waals surface area contributed by atoms with E-state index in [1.54, 1.807) is 12.1 Å². The second-order valence-corrected chi connectivity index (χ2v) is 5.78. The van der Waals surface area contributed by atoms with Crippen LogP contribution in [0.5, 0.6) is 0 Å². The Morgan fingerprint density at radius 2 is 1.75 bits per heavy atom. The lowest BCUT2D eigenvalue weighted by Crippen LogP contribution is -2.34. The maximum Gasteiger partial charge on any atom is 0.123 e. The third kappa shape index (κ3) is 6.02. The van der Waals surface area contributed by atoms with Gasteiger partial charge in [-0.1, -0.05) is 31.9 Å². The van der Waals surface area contributed by atoms with Crippen LogP contribution < -0.4 is 5.73 Å². The van der Waals surface area contributed by atoms with Crippen LogP contribution in [0, 0.1) is 5.82 Å². The average Bonchev–Trinajstić information content (AvgIpc) is 2.42. The predicted octanol–water partition coefficient (Wildman–Crippen LogP) is 4.12. The summed E-state index contributed by atoms with van der Waals surface area (Å²) in [4.78, 5) is 2.49. The van der Waals surface area contributed by atoms with Crippen molar-refractivity contribution in [1.82, 2.24) is 4.90 Å². The molecule has 1 rings (SSSR count). The fourth-order valence-electron chi connectivity index (χ4n) is 2.37. The van der Waals surface area contributed by atoms with E-state index >= 15 is 0 Å². The fourth-order valence-corrected chi connectivity index (χ4v) is 2.37. The van der Waals surface area contributed by atoms with Crippen LogP contribution in [0.2, 0.25) is 0 Å². The smallest absolute Gasteiger partial charge is 0.123 e. The molecule has 0 aliphatic carbocycles. The molecule has 0 radical (unpaired) electrons. The van der Waals surface area contributed by atoms with Gasteiger partial charge in [-0.05, 0) is 50.9 Å². The van der Waals surface area contributed by atoms with Gasteiger partial charge in [-0.3, -0.25) is 0 Å². The Hall–Kier alpha value is -0.930. The van der Waals surface area contributed by atoms with Crippen molar-refractivity contribution in [2.75, 3.05) is 13.1 Å². The Morgan fingerprint density at radius 1 is 1.10 bits per heavy atom. The van der Waals surface area contributed by atoms with Gasteiger partial charge in [-0.15, -0.1) is 0 Å². The highest BCUT2D eigenvalue weighted by Gasteiger charge is 2.12. The maximum atomic E-state index is 12.9. The Balaban J connectivity index is 2.43. The van der Waals surface area contributed by atoms with Gasteiger partial charge >= 0.3 is 0 Å². The molecule has 20 heavy (non-hydrogen) atoms. The summed E-state index contributed by atoms with van der Waals surface area (Å²) in [5.74, 6) is -0.204. The van der Waals surface area contributed by atoms with Crippen LogP contribution in [0.1, 0.15) is 58.1 Å². The lowest BCUT2D eigenvalue weighted by molar-refractivity contribution is 0.209. The van der Waals surface area contributed by atoms with Crippen molar-refractivity contribution >= 4 is 0 Å². The minimum Gasteiger partial charge on any atom is -0.324 e. The van der Waals surface area contributed by atoms with Crippen molar-refractivity contribution in [2.24, 2.45) is 5.73 Å². The molecule has 2 N–H and O–H groups in total. The molecule has 0 fully saturated rings. The van der Waals surface area contributed by atoms with Crippen LogP contribution in [0.25, 0.3) is 0 Å². The van der Waals surface area contributed by atoms with Crippen molar-refractivity contribution in [3.05, 3.63) is 35.6 Å². The monoisotopic (exact) mass is 280 g/mol. The predicted molar refractivity (Wildman–Crippen MR) is 84.2 cm³/mol. The first-order chi connectivity index (χ1) is 9.54. The zero-order chi connectivity index (χ0) is 15.0. The second-order valence-electron chi connectivity index (χ2n) is 5.78. The number of hydrogen-bond donors (Lipinski definition) is 1. The summed E-state index contributed by atoms with van der Waals surface area (Å²) < 4.78 is 12.9. The molecule has 1 aromatic carbocycles. The molecule has 0 bridgehead atoms. The van der Waals surface area contributed by atoms with Crippen LogP contribution in [-0.4, -0.2) is 24.0 Å². The van der Waals surface area contributed by atoms with Gasteiger partial charge in [-0.2, -0.15) is 0 Å². The molecule has 3 heteroatoms. The van der Waals surface area contributed by atoms with Crippen LogP contribution in [0.3, 0.4) is 0 Å². The van der Waals surface area contributed by atoms with Crippen molar-refractivity contribution in [1.29, 1.82) is 0 Å². The van der Waals surface area contributed by atoms with Gasteiger partial charge in [0.1, 0.15) is 5.82 Å². The highest BCUT2D eigenvalue weighted by Crippen LogP contribution is 2.16. The van der Waals surface area contributed by atoms with E-state index in [4.69, 9.17) is 5.73 Å². The normalized spacial score (nSPS) is 13.2. The molecule has 2 nitrogen and oxygen atoms in total. The number of rotatable bonds is 9. The van der Waals surface area contributed by atoms with E-state index in [1.807, 2.05) is 0 Å². The summed E-state index contributed by atoms with van der Waals surface area (Å²) in [5, 5.41) is 0. The molecule has 0 aliphatic heterocycles. The molecule has 0 aromatic heterocycles. The largest absolute Gasteiger partial charge is 0.324 e. The van der Waals surface area contributed by atoms with Crippen molar-refractivity contribution in [2.45, 2.75) is 58.5 Å². The topological polar surface area (TPSA) is 29.3 Å². The second kappa shape index (κ2) is 9.09. The molecule has 0 aliphatic rings. The SMILES string of the molecule is CCCCCN(CCC(N)c1ccc(F)cc1)C(C)C. The first kappa shape index (κ1) is 17.1. The van der Waals surface area contributed by atoms with E-state index in [9.17, 15) is 4.39 Å². The van der Waals surface area contributed by atoms with E-state index in [0.717, 1.165) is 25.1 Å². The van der Waals surface area contributed by atoms with Crippen molar-refractivity contribution in [3.8, 4) is 0 Å². The zero-order valence-corrected chi connectivity index (χ0v) is 13.1. The van der Waals surface area contributed by atoms with Gasteiger partial charge in [0.25, 0.3) is 0 Å². The van der Waals surface area contributed by atoms with E-state index in [0.29, 0.717) is 6.04 Å². The van der Waals surface area contributed by atoms with Crippen LogP contribution in [0.15, 0.2) is 24.3 Å². The lowest BCUT2D eigenvalue weighted by Gasteiger charge is -2.27. The minimum absolute atomic E-state index is 0.0111. The average molecular weight is 280 g/mol. The summed E-state index contributed by atoms with van der Waals surface area (Å²) in [6, 6.07) is 7.08. The number of unbranched alkanes of at least 4 members (excludes halogenated alkanes) is 2. The van der Waals surface area contributed by atoms with Gasteiger partial charge in [0.15, 0.2) is 0 Å². The summed E-state index contributed by atoms with van der Waals surface area (Å²) >= 11 is 0. The first-order valence-electron chi connectivity index (χ1n) is 7.79. The summed E-state index contributed by atoms with van der Waals surface area (Å²) in [6.45, 7) is 8.83. The number of nitrogens with zero attached hydrogens (tertiary/aromatic N) is 1. The molecule has 1 atom stereocenters. The summed E-state index contributed by atoms with van der Waals surface area (Å²) in [7, 11) is 0. The summed E-state index contributed by atoms with van der Waals surface area (Å²) in [5.41, 5.74) is 7.22. The van der Waals surface area contributed by atoms with E-state index < -0.39 is 0 Å². The molecule has 1 aromatic rings. The molecule has 0 heterocycles. The highest BCUT2D eigenvalue weighted by atomic mass is 19.1. The van der Waals surface area contributed by atoms with Gasteiger partial charge in [-0.25, -0.2) is 4.39 Å². The Morgan fingerprint density at radius 3 is 2.30 bits per heavy atom. The Kier molecular flexibility index (Phi) is 7.78. The van der Waals surface area contributed by atoms with Crippen LogP contribution in [-0.2, 0) is 0 Å². The zero-order valence-electron chi connectivity index (χ0n) is 13.1. The van der Waals surface area contributed by atoms with Crippen molar-refractivity contribution in [3.63, 3.8) is 0 Å². The molecular weight excluding hydrogens is 251 g/mol. The van der Waals surface area contributed by atoms with E-state index in [-0.39, 0.29) is 11.9 Å². The minimum atomic E-state index is -0.204. The first-order valence-corrected chi connectivity index (χ1v) is 7.79.